The molecule has 1 atom stereocenters. The van der Waals surface area contributed by atoms with Gasteiger partial charge in [-0.05, 0) is 56.1 Å². The van der Waals surface area contributed by atoms with Gasteiger partial charge in [-0.1, -0.05) is 6.07 Å². The number of methoxy groups -OCH3 is 3. The van der Waals surface area contributed by atoms with Gasteiger partial charge in [0, 0.05) is 12.6 Å². The Balaban J connectivity index is 2.21. The van der Waals surface area contributed by atoms with Crippen molar-refractivity contribution in [3.05, 3.63) is 48.0 Å². The number of likely N-dealkylation sites (N-methyl/N-ethyl adjacent to an activating group) is 1. The molecule has 0 radical (unpaired) electrons. The van der Waals surface area contributed by atoms with E-state index in [4.69, 9.17) is 14.2 Å². The number of benzene rings is 2. The third kappa shape index (κ3) is 5.12. The Kier molecular flexibility index (Phi) is 7.06. The molecule has 0 saturated carbocycles. The van der Waals surface area contributed by atoms with Crippen LogP contribution in [0, 0.1) is 0 Å². The molecule has 2 rings (SSSR count). The van der Waals surface area contributed by atoms with E-state index in [1.807, 2.05) is 37.2 Å². The Bertz CT molecular complexity index is 851. The second kappa shape index (κ2) is 9.07. The fraction of sp³-hybridized carbons (Fsp3) is 0.368. The molecule has 0 aromatic heterocycles. The maximum absolute atomic E-state index is 12.6. The first-order valence-electron chi connectivity index (χ1n) is 8.34. The Morgan fingerprint density at radius 3 is 2.07 bits per heavy atom. The first-order chi connectivity index (χ1) is 12.8. The second-order valence-electron chi connectivity index (χ2n) is 6.12. The molecule has 148 valence electrons. The monoisotopic (exact) mass is 394 g/mol. The molecule has 7 nitrogen and oxygen atoms in total. The molecule has 27 heavy (non-hydrogen) atoms. The average molecular weight is 394 g/mol. The molecule has 0 saturated heterocycles. The van der Waals surface area contributed by atoms with Crippen LogP contribution in [0.3, 0.4) is 0 Å². The van der Waals surface area contributed by atoms with E-state index in [0.29, 0.717) is 17.2 Å². The molecule has 1 unspecified atom stereocenters. The Morgan fingerprint density at radius 1 is 0.926 bits per heavy atom. The Labute approximate surface area is 160 Å². The van der Waals surface area contributed by atoms with Gasteiger partial charge in [0.05, 0.1) is 26.2 Å². The molecule has 0 bridgehead atoms. The van der Waals surface area contributed by atoms with Crippen LogP contribution in [0.4, 0.5) is 0 Å². The molecule has 2 aromatic rings. The highest BCUT2D eigenvalue weighted by molar-refractivity contribution is 7.89. The average Bonchev–Trinajstić information content (AvgIpc) is 2.67. The second-order valence-corrected chi connectivity index (χ2v) is 7.89. The molecule has 0 aliphatic carbocycles. The summed E-state index contributed by atoms with van der Waals surface area (Å²) in [4.78, 5) is 2.13. The van der Waals surface area contributed by atoms with Crippen LogP contribution >= 0.6 is 0 Å². The smallest absolute Gasteiger partial charge is 0.240 e. The number of ether oxygens (including phenoxy) is 3. The van der Waals surface area contributed by atoms with Crippen molar-refractivity contribution in [2.24, 2.45) is 0 Å². The van der Waals surface area contributed by atoms with Crippen LogP contribution < -0.4 is 18.9 Å². The molecule has 1 N–H and O–H groups in total. The van der Waals surface area contributed by atoms with Crippen LogP contribution in [0.1, 0.15) is 11.6 Å². The number of hydrogen-bond donors (Lipinski definition) is 1. The fourth-order valence-corrected chi connectivity index (χ4v) is 3.72. The minimum absolute atomic E-state index is 0.183. The molecule has 0 fully saturated rings. The largest absolute Gasteiger partial charge is 0.497 e. The van der Waals surface area contributed by atoms with Crippen molar-refractivity contribution in [1.29, 1.82) is 0 Å². The summed E-state index contributed by atoms with van der Waals surface area (Å²) < 4.78 is 43.6. The highest BCUT2D eigenvalue weighted by atomic mass is 32.2. The SMILES string of the molecule is COc1ccc(S(=O)(=O)NCC(c2ccc(OC)c(OC)c2)N(C)C)cc1. The predicted molar refractivity (Wildman–Crippen MR) is 104 cm³/mol. The van der Waals surface area contributed by atoms with Crippen LogP contribution in [0.5, 0.6) is 17.2 Å². The summed E-state index contributed by atoms with van der Waals surface area (Å²) in [6, 6.07) is 11.6. The molecule has 8 heteroatoms. The summed E-state index contributed by atoms with van der Waals surface area (Å²) in [5.74, 6) is 1.82. The van der Waals surface area contributed by atoms with Crippen molar-refractivity contribution in [2.75, 3.05) is 42.0 Å². The maximum atomic E-state index is 12.6. The molecule has 0 amide bonds. The van der Waals surface area contributed by atoms with Gasteiger partial charge in [0.25, 0.3) is 0 Å². The summed E-state index contributed by atoms with van der Waals surface area (Å²) >= 11 is 0. The van der Waals surface area contributed by atoms with Gasteiger partial charge < -0.3 is 19.1 Å². The molecular weight excluding hydrogens is 368 g/mol. The van der Waals surface area contributed by atoms with Crippen molar-refractivity contribution in [1.82, 2.24) is 9.62 Å². The van der Waals surface area contributed by atoms with Gasteiger partial charge in [0.1, 0.15) is 5.75 Å². The molecule has 0 aliphatic heterocycles. The summed E-state index contributed by atoms with van der Waals surface area (Å²) in [5, 5.41) is 0. The number of rotatable bonds is 9. The lowest BCUT2D eigenvalue weighted by atomic mass is 10.1. The third-order valence-electron chi connectivity index (χ3n) is 4.25. The molecular formula is C19H26N2O5S. The quantitative estimate of drug-likeness (QED) is 0.703. The predicted octanol–water partition coefficient (Wildman–Crippen LogP) is 2.29. The van der Waals surface area contributed by atoms with E-state index in [9.17, 15) is 8.42 Å². The Morgan fingerprint density at radius 2 is 1.56 bits per heavy atom. The van der Waals surface area contributed by atoms with E-state index in [1.165, 1.54) is 19.2 Å². The van der Waals surface area contributed by atoms with Gasteiger partial charge in [-0.2, -0.15) is 0 Å². The van der Waals surface area contributed by atoms with Crippen LogP contribution in [-0.4, -0.2) is 55.3 Å². The number of sulfonamides is 1. The first kappa shape index (κ1) is 21.0. The molecule has 0 spiro atoms. The van der Waals surface area contributed by atoms with Crippen molar-refractivity contribution in [2.45, 2.75) is 10.9 Å². The van der Waals surface area contributed by atoms with Gasteiger partial charge in [-0.15, -0.1) is 0 Å². The van der Waals surface area contributed by atoms with Gasteiger partial charge >= 0.3 is 0 Å². The zero-order valence-corrected chi connectivity index (χ0v) is 17.0. The van der Waals surface area contributed by atoms with E-state index < -0.39 is 10.0 Å². The van der Waals surface area contributed by atoms with E-state index in [2.05, 4.69) is 4.72 Å². The number of nitrogens with zero attached hydrogens (tertiary/aromatic N) is 1. The molecule has 0 aliphatic rings. The lowest BCUT2D eigenvalue weighted by Gasteiger charge is -2.25. The summed E-state index contributed by atoms with van der Waals surface area (Å²) in [7, 11) is 4.82. The Hall–Kier alpha value is -2.29. The molecule has 0 heterocycles. The van der Waals surface area contributed by atoms with E-state index >= 15 is 0 Å². The van der Waals surface area contributed by atoms with E-state index in [1.54, 1.807) is 26.4 Å². The van der Waals surface area contributed by atoms with Crippen molar-refractivity contribution in [3.63, 3.8) is 0 Å². The maximum Gasteiger partial charge on any atom is 0.240 e. The van der Waals surface area contributed by atoms with Crippen LogP contribution in [0.2, 0.25) is 0 Å². The lowest BCUT2D eigenvalue weighted by molar-refractivity contribution is 0.297. The van der Waals surface area contributed by atoms with Gasteiger partial charge in [-0.25, -0.2) is 13.1 Å². The minimum atomic E-state index is -3.64. The van der Waals surface area contributed by atoms with Crippen molar-refractivity contribution >= 4 is 10.0 Å². The van der Waals surface area contributed by atoms with E-state index in [-0.39, 0.29) is 17.5 Å². The van der Waals surface area contributed by atoms with E-state index in [0.717, 1.165) is 5.56 Å². The van der Waals surface area contributed by atoms with Crippen LogP contribution in [-0.2, 0) is 10.0 Å². The summed E-state index contributed by atoms with van der Waals surface area (Å²) in [5.41, 5.74) is 0.912. The zero-order valence-electron chi connectivity index (χ0n) is 16.2. The van der Waals surface area contributed by atoms with Crippen molar-refractivity contribution < 1.29 is 22.6 Å². The van der Waals surface area contributed by atoms with Gasteiger partial charge in [0.2, 0.25) is 10.0 Å². The highest BCUT2D eigenvalue weighted by Crippen LogP contribution is 2.31. The summed E-state index contributed by atoms with van der Waals surface area (Å²) in [6.45, 7) is 0.205. The van der Waals surface area contributed by atoms with Gasteiger partial charge in [0.15, 0.2) is 11.5 Å². The van der Waals surface area contributed by atoms with Crippen LogP contribution in [0.15, 0.2) is 47.4 Å². The van der Waals surface area contributed by atoms with Crippen LogP contribution in [0.25, 0.3) is 0 Å². The number of hydrogen-bond acceptors (Lipinski definition) is 6. The minimum Gasteiger partial charge on any atom is -0.497 e. The summed E-state index contributed by atoms with van der Waals surface area (Å²) in [6.07, 6.45) is 0. The normalized spacial score (nSPS) is 12.7. The zero-order chi connectivity index (χ0) is 20.0. The third-order valence-corrected chi connectivity index (χ3v) is 5.69. The van der Waals surface area contributed by atoms with Crippen molar-refractivity contribution in [3.8, 4) is 17.2 Å². The topological polar surface area (TPSA) is 77.1 Å². The fourth-order valence-electron chi connectivity index (χ4n) is 2.69. The first-order valence-corrected chi connectivity index (χ1v) is 9.82. The number of nitrogens with one attached hydrogen (secondary N) is 1. The van der Waals surface area contributed by atoms with Gasteiger partial charge in [-0.3, -0.25) is 0 Å². The highest BCUT2D eigenvalue weighted by Gasteiger charge is 2.21. The molecule has 2 aromatic carbocycles. The lowest BCUT2D eigenvalue weighted by Crippen LogP contribution is -2.34. The standard InChI is InChI=1S/C19H26N2O5S/c1-21(2)17(14-6-11-18(25-4)19(12-14)26-5)13-20-27(22,23)16-9-7-15(24-3)8-10-16/h6-12,17,20H,13H2,1-5H3.